The zero-order chi connectivity index (χ0) is 34.9. The third-order valence-electron chi connectivity index (χ3n) is 17.8. The van der Waals surface area contributed by atoms with E-state index < -0.39 is 0 Å². The normalized spacial score (nSPS) is 45.9. The molecule has 5 fully saturated rings. The van der Waals surface area contributed by atoms with Crippen LogP contribution < -0.4 is 0 Å². The van der Waals surface area contributed by atoms with Gasteiger partial charge >= 0.3 is 0 Å². The fraction of sp³-hybridized carbons (Fsp3) is 1.00. The molecule has 0 spiro atoms. The fourth-order valence-corrected chi connectivity index (χ4v) is 15.3. The van der Waals surface area contributed by atoms with Crippen molar-refractivity contribution in [3.63, 3.8) is 0 Å². The molecule has 3 heteroatoms. The van der Waals surface area contributed by atoms with Crippen LogP contribution in [0.3, 0.4) is 0 Å². The number of fused-ring (bicyclic) bond motifs is 1. The van der Waals surface area contributed by atoms with Gasteiger partial charge in [0.05, 0.1) is 15.7 Å². The molecule has 17 atom stereocenters. The van der Waals surface area contributed by atoms with Gasteiger partial charge in [0, 0.05) is 0 Å². The molecule has 272 valence electrons. The maximum atomic E-state index is 7.44. The minimum atomic E-state index is 0.171. The molecule has 17 unspecified atom stereocenters. The van der Waals surface area contributed by atoms with Crippen LogP contribution in [-0.4, -0.2) is 20.9 Å². The summed E-state index contributed by atoms with van der Waals surface area (Å²) < 4.78 is 0. The van der Waals surface area contributed by atoms with E-state index in [2.05, 4.69) is 62.3 Å². The number of rotatable bonds is 10. The van der Waals surface area contributed by atoms with Gasteiger partial charge in [0.1, 0.15) is 0 Å². The molecule has 0 N–H and O–H groups in total. The smallest absolute Gasteiger partial charge is 0.0718 e. The molecule has 0 nitrogen and oxygen atoms in total. The SMILES string of the molecule is [B]C(C(C)C)C(C1CCC(C2(C3CCCCC3)C(CC)CCCC(CC)CC3CCCC32)C1)C(C)C(C)C1C([B])C(S)C(C)C(C)C1C. The Kier molecular flexibility index (Phi) is 14.1. The lowest BCUT2D eigenvalue weighted by Crippen LogP contribution is -2.51. The van der Waals surface area contributed by atoms with Crippen LogP contribution in [-0.2, 0) is 0 Å². The Morgan fingerprint density at radius 1 is 0.708 bits per heavy atom. The van der Waals surface area contributed by atoms with Crippen molar-refractivity contribution >= 4 is 28.3 Å². The van der Waals surface area contributed by atoms with Gasteiger partial charge in [-0.1, -0.05) is 138 Å². The van der Waals surface area contributed by atoms with Crippen LogP contribution in [0.15, 0.2) is 0 Å². The predicted molar refractivity (Wildman–Crippen MR) is 216 cm³/mol. The van der Waals surface area contributed by atoms with Crippen molar-refractivity contribution in [2.75, 3.05) is 0 Å². The average Bonchev–Trinajstić information content (AvgIpc) is 3.77. The quantitative estimate of drug-likeness (QED) is 0.173. The Bertz CT molecular complexity index is 960. The summed E-state index contributed by atoms with van der Waals surface area (Å²) in [5.41, 5.74) is 0.570. The van der Waals surface area contributed by atoms with E-state index in [0.29, 0.717) is 58.0 Å². The molecule has 5 aliphatic carbocycles. The Labute approximate surface area is 309 Å². The zero-order valence-electron chi connectivity index (χ0n) is 33.5. The van der Waals surface area contributed by atoms with Crippen LogP contribution in [0.1, 0.15) is 171 Å². The Balaban J connectivity index is 1.50. The minimum Gasteiger partial charge on any atom is -0.176 e. The highest BCUT2D eigenvalue weighted by Crippen LogP contribution is 2.67. The second-order valence-electron chi connectivity index (χ2n) is 19.8. The summed E-state index contributed by atoms with van der Waals surface area (Å²) in [6, 6.07) is 0. The summed E-state index contributed by atoms with van der Waals surface area (Å²) in [7, 11) is 14.6. The molecule has 48 heavy (non-hydrogen) atoms. The largest absolute Gasteiger partial charge is 0.176 e. The Morgan fingerprint density at radius 2 is 1.40 bits per heavy atom. The first kappa shape index (κ1) is 39.7. The van der Waals surface area contributed by atoms with E-state index in [4.69, 9.17) is 28.3 Å². The molecular formula is C45H80B2S. The van der Waals surface area contributed by atoms with Crippen LogP contribution in [0.4, 0.5) is 0 Å². The van der Waals surface area contributed by atoms with E-state index >= 15 is 0 Å². The van der Waals surface area contributed by atoms with Gasteiger partial charge in [0.2, 0.25) is 0 Å². The van der Waals surface area contributed by atoms with Gasteiger partial charge in [-0.25, -0.2) is 0 Å². The molecule has 0 aromatic carbocycles. The molecule has 0 amide bonds. The second kappa shape index (κ2) is 17.1. The molecule has 0 aliphatic heterocycles. The first-order chi connectivity index (χ1) is 22.9. The summed E-state index contributed by atoms with van der Waals surface area (Å²) in [5.74, 6) is 11.6. The van der Waals surface area contributed by atoms with E-state index in [0.717, 1.165) is 41.4 Å². The van der Waals surface area contributed by atoms with Gasteiger partial charge in [-0.3, -0.25) is 0 Å². The van der Waals surface area contributed by atoms with Crippen molar-refractivity contribution in [3.05, 3.63) is 0 Å². The maximum Gasteiger partial charge on any atom is 0.0718 e. The number of hydrogen-bond donors (Lipinski definition) is 1. The van der Waals surface area contributed by atoms with Crippen molar-refractivity contribution in [2.24, 2.45) is 94.2 Å². The van der Waals surface area contributed by atoms with Gasteiger partial charge in [-0.05, 0) is 145 Å². The first-order valence-corrected chi connectivity index (χ1v) is 22.6. The van der Waals surface area contributed by atoms with Crippen LogP contribution in [0.2, 0.25) is 11.6 Å². The summed E-state index contributed by atoms with van der Waals surface area (Å²) in [4.78, 5) is 0. The van der Waals surface area contributed by atoms with Gasteiger partial charge in [0.15, 0.2) is 0 Å². The molecule has 0 heterocycles. The lowest BCUT2D eigenvalue weighted by Gasteiger charge is -2.57. The Morgan fingerprint density at radius 3 is 2.04 bits per heavy atom. The third kappa shape index (κ3) is 7.47. The van der Waals surface area contributed by atoms with Crippen molar-refractivity contribution in [1.29, 1.82) is 0 Å². The molecule has 5 aliphatic rings. The standard InChI is InChI=1S/C45H80B2S/c1-10-33-17-15-21-36(11-2)45(37-19-13-12-14-20-37,39-22-16-18-34(39)25-33)38-24-23-35(26-38)41(42(46)27(3)4)31(8)30(7)40-29(6)28(5)32(9)44(48)43(40)47/h27-44,48H,10-26H2,1-9H3. The van der Waals surface area contributed by atoms with Crippen molar-refractivity contribution in [1.82, 2.24) is 0 Å². The highest BCUT2D eigenvalue weighted by Gasteiger charge is 2.59. The van der Waals surface area contributed by atoms with Gasteiger partial charge < -0.3 is 0 Å². The van der Waals surface area contributed by atoms with E-state index in [1.807, 2.05) is 0 Å². The molecular weight excluding hydrogens is 594 g/mol. The first-order valence-electron chi connectivity index (χ1n) is 22.1. The van der Waals surface area contributed by atoms with Gasteiger partial charge in [0.25, 0.3) is 0 Å². The van der Waals surface area contributed by atoms with Crippen molar-refractivity contribution in [3.8, 4) is 0 Å². The predicted octanol–water partition coefficient (Wildman–Crippen LogP) is 13.3. The molecule has 0 aromatic heterocycles. The molecule has 0 aromatic rings. The zero-order valence-corrected chi connectivity index (χ0v) is 34.4. The Hall–Kier alpha value is 0.480. The van der Waals surface area contributed by atoms with Crippen molar-refractivity contribution in [2.45, 2.75) is 188 Å². The van der Waals surface area contributed by atoms with Crippen LogP contribution in [0.25, 0.3) is 0 Å². The summed E-state index contributed by atoms with van der Waals surface area (Å²) >= 11 is 5.15. The monoisotopic (exact) mass is 675 g/mol. The summed E-state index contributed by atoms with van der Waals surface area (Å²) in [6.45, 7) is 22.5. The number of hydrogen-bond acceptors (Lipinski definition) is 1. The lowest BCUT2D eigenvalue weighted by atomic mass is 9.47. The average molecular weight is 675 g/mol. The highest BCUT2D eigenvalue weighted by molar-refractivity contribution is 7.81. The van der Waals surface area contributed by atoms with E-state index in [9.17, 15) is 0 Å². The van der Waals surface area contributed by atoms with Crippen molar-refractivity contribution < 1.29 is 0 Å². The minimum absolute atomic E-state index is 0.171. The molecule has 0 saturated heterocycles. The molecule has 5 rings (SSSR count). The van der Waals surface area contributed by atoms with E-state index in [-0.39, 0.29) is 11.6 Å². The fourth-order valence-electron chi connectivity index (χ4n) is 14.8. The van der Waals surface area contributed by atoms with Crippen LogP contribution >= 0.6 is 12.6 Å². The second-order valence-corrected chi connectivity index (χ2v) is 20.4. The van der Waals surface area contributed by atoms with E-state index in [1.54, 1.807) is 6.42 Å². The molecule has 5 saturated carbocycles. The molecule has 0 bridgehead atoms. The van der Waals surface area contributed by atoms with Crippen LogP contribution in [0, 0.1) is 94.2 Å². The lowest BCUT2D eigenvalue weighted by molar-refractivity contribution is -0.0916. The number of thiol groups is 1. The summed E-state index contributed by atoms with van der Waals surface area (Å²) in [6.07, 6.45) is 25.3. The van der Waals surface area contributed by atoms with Crippen LogP contribution in [0.5, 0.6) is 0 Å². The highest BCUT2D eigenvalue weighted by atomic mass is 32.1. The molecule has 4 radical (unpaired) electrons. The summed E-state index contributed by atoms with van der Waals surface area (Å²) in [5, 5.41) is 0.292. The topological polar surface area (TPSA) is 0 Å². The van der Waals surface area contributed by atoms with Gasteiger partial charge in [-0.15, -0.1) is 0 Å². The van der Waals surface area contributed by atoms with Gasteiger partial charge in [-0.2, -0.15) is 12.6 Å². The third-order valence-corrected chi connectivity index (χ3v) is 18.6. The maximum absolute atomic E-state index is 7.44. The van der Waals surface area contributed by atoms with E-state index in [1.165, 1.54) is 103 Å².